The van der Waals surface area contributed by atoms with Gasteiger partial charge >= 0.3 is 6.18 Å². The highest BCUT2D eigenvalue weighted by Gasteiger charge is 2.34. The number of alkyl halides is 3. The van der Waals surface area contributed by atoms with Crippen molar-refractivity contribution >= 4 is 11.6 Å². The van der Waals surface area contributed by atoms with E-state index in [9.17, 15) is 27.5 Å². The summed E-state index contributed by atoms with van der Waals surface area (Å²) in [5, 5.41) is 10.1. The smallest absolute Gasteiger partial charge is 0.389 e. The lowest BCUT2D eigenvalue weighted by Crippen LogP contribution is -2.37. The highest BCUT2D eigenvalue weighted by Crippen LogP contribution is 2.33. The summed E-state index contributed by atoms with van der Waals surface area (Å²) in [6, 6.07) is 1.85. The van der Waals surface area contributed by atoms with Crippen LogP contribution in [0.5, 0.6) is 0 Å². The fraction of sp³-hybridized carbons (Fsp3) is 0.500. The lowest BCUT2D eigenvalue weighted by Gasteiger charge is -2.21. The maximum atomic E-state index is 13.5. The number of rotatable bonds is 4. The molecule has 0 spiro atoms. The van der Waals surface area contributed by atoms with Gasteiger partial charge in [-0.1, -0.05) is 12.8 Å². The molecule has 0 saturated heterocycles. The molecule has 122 valence electrons. The van der Waals surface area contributed by atoms with Crippen LogP contribution in [0, 0.1) is 5.82 Å². The zero-order valence-electron chi connectivity index (χ0n) is 11.6. The zero-order valence-corrected chi connectivity index (χ0v) is 11.6. The number of carbonyl (C=O) groups is 1. The number of anilines is 1. The number of aliphatic hydroxyl groups is 1. The van der Waals surface area contributed by atoms with Crippen LogP contribution in [0.4, 0.5) is 23.2 Å². The molecule has 22 heavy (non-hydrogen) atoms. The molecule has 2 rings (SSSR count). The van der Waals surface area contributed by atoms with Crippen LogP contribution in [0.15, 0.2) is 18.2 Å². The number of carbonyl (C=O) groups excluding carboxylic acids is 1. The van der Waals surface area contributed by atoms with E-state index in [1.165, 1.54) is 0 Å². The van der Waals surface area contributed by atoms with Crippen molar-refractivity contribution < 1.29 is 27.5 Å². The summed E-state index contributed by atoms with van der Waals surface area (Å²) in [6.07, 6.45) is -2.15. The van der Waals surface area contributed by atoms with Crippen LogP contribution in [0.3, 0.4) is 0 Å². The third-order valence-corrected chi connectivity index (χ3v) is 3.65. The van der Waals surface area contributed by atoms with Crippen molar-refractivity contribution in [2.75, 3.05) is 5.43 Å². The Morgan fingerprint density at radius 2 is 1.91 bits per heavy atom. The van der Waals surface area contributed by atoms with Gasteiger partial charge in [0, 0.05) is 0 Å². The van der Waals surface area contributed by atoms with Crippen molar-refractivity contribution in [3.63, 3.8) is 0 Å². The predicted molar refractivity (Wildman–Crippen MR) is 71.2 cm³/mol. The number of nitrogens with one attached hydrogen (secondary N) is 2. The first kappa shape index (κ1) is 16.5. The van der Waals surface area contributed by atoms with Gasteiger partial charge in [-0.05, 0) is 31.0 Å². The molecule has 0 heterocycles. The van der Waals surface area contributed by atoms with Crippen molar-refractivity contribution in [3.8, 4) is 0 Å². The standard InChI is InChI=1S/C14H16F4N2O2/c15-10-4-3-9(14(16,17)18)7-11(10)19-20-12(21)8-13(22)5-1-2-6-13/h3-4,7,19,22H,1-2,5-6,8H2,(H,20,21). The molecular weight excluding hydrogens is 304 g/mol. The third-order valence-electron chi connectivity index (χ3n) is 3.65. The van der Waals surface area contributed by atoms with Gasteiger partial charge in [-0.25, -0.2) is 4.39 Å². The van der Waals surface area contributed by atoms with Crippen LogP contribution in [-0.2, 0) is 11.0 Å². The molecule has 4 nitrogen and oxygen atoms in total. The molecule has 0 aliphatic heterocycles. The van der Waals surface area contributed by atoms with Crippen LogP contribution < -0.4 is 10.9 Å². The molecule has 0 aromatic heterocycles. The van der Waals surface area contributed by atoms with E-state index in [4.69, 9.17) is 0 Å². The summed E-state index contributed by atoms with van der Waals surface area (Å²) >= 11 is 0. The largest absolute Gasteiger partial charge is 0.416 e. The highest BCUT2D eigenvalue weighted by molar-refractivity contribution is 5.78. The second kappa shape index (κ2) is 6.12. The van der Waals surface area contributed by atoms with E-state index in [0.717, 1.165) is 12.8 Å². The van der Waals surface area contributed by atoms with E-state index in [2.05, 4.69) is 10.9 Å². The third kappa shape index (κ3) is 4.09. The molecule has 1 saturated carbocycles. The molecule has 0 radical (unpaired) electrons. The van der Waals surface area contributed by atoms with E-state index in [1.54, 1.807) is 0 Å². The van der Waals surface area contributed by atoms with Crippen LogP contribution in [0.2, 0.25) is 0 Å². The average molecular weight is 320 g/mol. The number of amides is 1. The Hall–Kier alpha value is -1.83. The number of halogens is 4. The molecule has 0 unspecified atom stereocenters. The van der Waals surface area contributed by atoms with Crippen molar-refractivity contribution in [2.24, 2.45) is 0 Å². The minimum absolute atomic E-state index is 0.180. The van der Waals surface area contributed by atoms with Gasteiger partial charge in [0.2, 0.25) is 5.91 Å². The fourth-order valence-electron chi connectivity index (χ4n) is 2.49. The van der Waals surface area contributed by atoms with Gasteiger partial charge in [-0.3, -0.25) is 15.6 Å². The van der Waals surface area contributed by atoms with Gasteiger partial charge in [-0.2, -0.15) is 13.2 Å². The van der Waals surface area contributed by atoms with Gasteiger partial charge in [0.1, 0.15) is 5.82 Å². The first-order valence-electron chi connectivity index (χ1n) is 6.84. The number of hydrazine groups is 1. The van der Waals surface area contributed by atoms with E-state index in [-0.39, 0.29) is 6.42 Å². The van der Waals surface area contributed by atoms with Crippen LogP contribution in [0.1, 0.15) is 37.7 Å². The van der Waals surface area contributed by atoms with Gasteiger partial charge < -0.3 is 5.11 Å². The number of hydrogen-bond acceptors (Lipinski definition) is 3. The second-order valence-electron chi connectivity index (χ2n) is 5.47. The maximum Gasteiger partial charge on any atom is 0.416 e. The van der Waals surface area contributed by atoms with Crippen LogP contribution in [0.25, 0.3) is 0 Å². The normalized spacial score (nSPS) is 17.3. The molecular formula is C14H16F4N2O2. The molecule has 1 aliphatic rings. The van der Waals surface area contributed by atoms with Gasteiger partial charge in [0.25, 0.3) is 0 Å². The topological polar surface area (TPSA) is 61.4 Å². The number of benzene rings is 1. The Morgan fingerprint density at radius 1 is 1.27 bits per heavy atom. The average Bonchev–Trinajstić information content (AvgIpc) is 2.82. The Kier molecular flexibility index (Phi) is 4.60. The maximum absolute atomic E-state index is 13.5. The first-order valence-corrected chi connectivity index (χ1v) is 6.84. The highest BCUT2D eigenvalue weighted by atomic mass is 19.4. The Labute approximate surface area is 124 Å². The number of hydrogen-bond donors (Lipinski definition) is 3. The Balaban J connectivity index is 1.97. The van der Waals surface area contributed by atoms with E-state index >= 15 is 0 Å². The summed E-state index contributed by atoms with van der Waals surface area (Å²) in [5.74, 6) is -1.53. The molecule has 1 aliphatic carbocycles. The monoisotopic (exact) mass is 320 g/mol. The van der Waals surface area contributed by atoms with Crippen molar-refractivity contribution in [3.05, 3.63) is 29.6 Å². The Morgan fingerprint density at radius 3 is 2.50 bits per heavy atom. The lowest BCUT2D eigenvalue weighted by molar-refractivity contribution is -0.137. The zero-order chi connectivity index (χ0) is 16.4. The van der Waals surface area contributed by atoms with E-state index < -0.39 is 34.8 Å². The molecule has 1 aromatic rings. The van der Waals surface area contributed by atoms with Gasteiger partial charge in [0.15, 0.2) is 0 Å². The first-order chi connectivity index (χ1) is 10.2. The van der Waals surface area contributed by atoms with Crippen LogP contribution >= 0.6 is 0 Å². The summed E-state index contributed by atoms with van der Waals surface area (Å²) < 4.78 is 51.1. The van der Waals surface area contributed by atoms with Crippen molar-refractivity contribution in [2.45, 2.75) is 43.9 Å². The summed E-state index contributed by atoms with van der Waals surface area (Å²) in [7, 11) is 0. The molecule has 0 atom stereocenters. The molecule has 8 heteroatoms. The summed E-state index contributed by atoms with van der Waals surface area (Å²) in [6.45, 7) is 0. The van der Waals surface area contributed by atoms with Crippen molar-refractivity contribution in [1.82, 2.24) is 5.43 Å². The minimum Gasteiger partial charge on any atom is -0.389 e. The Bertz CT molecular complexity index is 554. The van der Waals surface area contributed by atoms with Crippen LogP contribution in [-0.4, -0.2) is 16.6 Å². The van der Waals surface area contributed by atoms with Crippen molar-refractivity contribution in [1.29, 1.82) is 0 Å². The molecule has 3 N–H and O–H groups in total. The molecule has 1 aromatic carbocycles. The van der Waals surface area contributed by atoms with E-state index in [1.807, 2.05) is 0 Å². The fourth-order valence-corrected chi connectivity index (χ4v) is 2.49. The second-order valence-corrected chi connectivity index (χ2v) is 5.47. The summed E-state index contributed by atoms with van der Waals surface area (Å²) in [4.78, 5) is 11.7. The summed E-state index contributed by atoms with van der Waals surface area (Å²) in [5.41, 5.74) is 1.65. The SMILES string of the molecule is O=C(CC1(O)CCCC1)NNc1cc(C(F)(F)F)ccc1F. The molecule has 0 bridgehead atoms. The van der Waals surface area contributed by atoms with E-state index in [0.29, 0.717) is 31.0 Å². The van der Waals surface area contributed by atoms with Gasteiger partial charge in [-0.15, -0.1) is 0 Å². The lowest BCUT2D eigenvalue weighted by atomic mass is 9.98. The minimum atomic E-state index is -4.60. The molecule has 1 amide bonds. The van der Waals surface area contributed by atoms with Gasteiger partial charge in [0.05, 0.1) is 23.3 Å². The predicted octanol–water partition coefficient (Wildman–Crippen LogP) is 2.98. The quantitative estimate of drug-likeness (QED) is 0.590. The molecule has 1 fully saturated rings.